The van der Waals surface area contributed by atoms with Gasteiger partial charge in [0.05, 0.1) is 16.3 Å². The standard InChI is InChI=1S/C22H17N5O2S2/c28-31(29,15-16-6-2-1-3-7-16)26-18-9-4-8-17(14-18)19-11-12-21-23-24-22(27(21)25-19)20-10-5-13-30-20/h1-14,26H,15H2. The Morgan fingerprint density at radius 3 is 2.58 bits per heavy atom. The first kappa shape index (κ1) is 19.4. The second-order valence-electron chi connectivity index (χ2n) is 6.92. The second-order valence-corrected chi connectivity index (χ2v) is 9.59. The number of benzene rings is 2. The lowest BCUT2D eigenvalue weighted by atomic mass is 10.1. The molecule has 3 aromatic heterocycles. The Bertz CT molecular complexity index is 1450. The fraction of sp³-hybridized carbons (Fsp3) is 0.0455. The van der Waals surface area contributed by atoms with Crippen LogP contribution in [0.3, 0.4) is 0 Å². The van der Waals surface area contributed by atoms with Gasteiger partial charge in [0, 0.05) is 11.3 Å². The highest BCUT2D eigenvalue weighted by Crippen LogP contribution is 2.26. The zero-order valence-electron chi connectivity index (χ0n) is 16.2. The van der Waals surface area contributed by atoms with Gasteiger partial charge in [0.2, 0.25) is 10.0 Å². The molecule has 0 spiro atoms. The van der Waals surface area contributed by atoms with E-state index in [0.717, 1.165) is 16.0 Å². The highest BCUT2D eigenvalue weighted by atomic mass is 32.2. The van der Waals surface area contributed by atoms with E-state index >= 15 is 0 Å². The van der Waals surface area contributed by atoms with Crippen LogP contribution < -0.4 is 4.72 Å². The number of aromatic nitrogens is 4. The Labute approximate surface area is 183 Å². The SMILES string of the molecule is O=S(=O)(Cc1ccccc1)Nc1cccc(-c2ccc3nnc(-c4cccs4)n3n2)c1. The quantitative estimate of drug-likeness (QED) is 0.415. The van der Waals surface area contributed by atoms with Crippen molar-refractivity contribution in [3.63, 3.8) is 0 Å². The van der Waals surface area contributed by atoms with Crippen molar-refractivity contribution >= 4 is 32.7 Å². The molecule has 2 aromatic carbocycles. The molecule has 154 valence electrons. The van der Waals surface area contributed by atoms with E-state index in [0.29, 0.717) is 22.9 Å². The van der Waals surface area contributed by atoms with Crippen LogP contribution in [0.15, 0.2) is 84.2 Å². The van der Waals surface area contributed by atoms with E-state index in [1.807, 2.05) is 53.9 Å². The van der Waals surface area contributed by atoms with Gasteiger partial charge < -0.3 is 0 Å². The van der Waals surface area contributed by atoms with E-state index in [9.17, 15) is 8.42 Å². The van der Waals surface area contributed by atoms with E-state index < -0.39 is 10.0 Å². The fourth-order valence-electron chi connectivity index (χ4n) is 3.25. The van der Waals surface area contributed by atoms with E-state index in [4.69, 9.17) is 0 Å². The monoisotopic (exact) mass is 447 g/mol. The molecule has 5 rings (SSSR count). The van der Waals surface area contributed by atoms with Crippen LogP contribution in [0.25, 0.3) is 27.6 Å². The minimum atomic E-state index is -3.54. The van der Waals surface area contributed by atoms with Gasteiger partial charge >= 0.3 is 0 Å². The molecule has 0 radical (unpaired) electrons. The zero-order valence-corrected chi connectivity index (χ0v) is 17.8. The highest BCUT2D eigenvalue weighted by Gasteiger charge is 2.14. The molecule has 0 fully saturated rings. The van der Waals surface area contributed by atoms with Gasteiger partial charge in [0.15, 0.2) is 11.5 Å². The van der Waals surface area contributed by atoms with Gasteiger partial charge in [0.25, 0.3) is 0 Å². The summed E-state index contributed by atoms with van der Waals surface area (Å²) in [6.07, 6.45) is 0. The molecule has 0 saturated heterocycles. The van der Waals surface area contributed by atoms with Crippen molar-refractivity contribution in [3.05, 3.63) is 89.8 Å². The molecule has 9 heteroatoms. The van der Waals surface area contributed by atoms with Gasteiger partial charge in [0.1, 0.15) is 0 Å². The van der Waals surface area contributed by atoms with Crippen LogP contribution in [0, 0.1) is 0 Å². The van der Waals surface area contributed by atoms with E-state index in [2.05, 4.69) is 20.0 Å². The van der Waals surface area contributed by atoms with Crippen molar-refractivity contribution in [1.29, 1.82) is 0 Å². The summed E-state index contributed by atoms with van der Waals surface area (Å²) in [6, 6.07) is 23.9. The topological polar surface area (TPSA) is 89.2 Å². The number of hydrogen-bond acceptors (Lipinski definition) is 6. The summed E-state index contributed by atoms with van der Waals surface area (Å²) >= 11 is 1.57. The van der Waals surface area contributed by atoms with Crippen LogP contribution in [0.2, 0.25) is 0 Å². The molecule has 5 aromatic rings. The van der Waals surface area contributed by atoms with Crippen molar-refractivity contribution in [2.75, 3.05) is 4.72 Å². The Kier molecular flexibility index (Phi) is 4.97. The molecule has 3 heterocycles. The first-order valence-electron chi connectivity index (χ1n) is 9.49. The molecular formula is C22H17N5O2S2. The molecule has 0 unspecified atom stereocenters. The number of rotatable bonds is 6. The summed E-state index contributed by atoms with van der Waals surface area (Å²) in [5.41, 5.74) is 3.33. The average molecular weight is 448 g/mol. The maximum absolute atomic E-state index is 12.6. The Morgan fingerprint density at radius 1 is 0.903 bits per heavy atom. The van der Waals surface area contributed by atoms with Crippen LogP contribution in [0.5, 0.6) is 0 Å². The number of nitrogens with one attached hydrogen (secondary N) is 1. The molecule has 0 aliphatic rings. The summed E-state index contributed by atoms with van der Waals surface area (Å²) in [7, 11) is -3.54. The molecule has 0 amide bonds. The number of sulfonamides is 1. The van der Waals surface area contributed by atoms with Gasteiger partial charge in [-0.3, -0.25) is 4.72 Å². The Balaban J connectivity index is 1.45. The van der Waals surface area contributed by atoms with Crippen LogP contribution >= 0.6 is 11.3 Å². The van der Waals surface area contributed by atoms with Crippen LogP contribution in [-0.2, 0) is 15.8 Å². The lowest BCUT2D eigenvalue weighted by molar-refractivity contribution is 0.600. The lowest BCUT2D eigenvalue weighted by Gasteiger charge is -2.10. The Morgan fingerprint density at radius 2 is 1.77 bits per heavy atom. The van der Waals surface area contributed by atoms with Crippen LogP contribution in [0.4, 0.5) is 5.69 Å². The number of nitrogens with zero attached hydrogens (tertiary/aromatic N) is 4. The van der Waals surface area contributed by atoms with E-state index in [-0.39, 0.29) is 5.75 Å². The first-order chi connectivity index (χ1) is 15.1. The van der Waals surface area contributed by atoms with Gasteiger partial charge in [-0.25, -0.2) is 8.42 Å². The molecule has 0 aliphatic heterocycles. The minimum Gasteiger partial charge on any atom is -0.283 e. The number of fused-ring (bicyclic) bond motifs is 1. The first-order valence-corrected chi connectivity index (χ1v) is 12.0. The lowest BCUT2D eigenvalue weighted by Crippen LogP contribution is -2.15. The molecule has 0 atom stereocenters. The number of hydrogen-bond donors (Lipinski definition) is 1. The molecule has 7 nitrogen and oxygen atoms in total. The Hall–Kier alpha value is -3.56. The summed E-state index contributed by atoms with van der Waals surface area (Å²) in [6.45, 7) is 0. The second kappa shape index (κ2) is 7.93. The third-order valence-corrected chi connectivity index (χ3v) is 6.76. The number of anilines is 1. The predicted molar refractivity (Wildman–Crippen MR) is 122 cm³/mol. The summed E-state index contributed by atoms with van der Waals surface area (Å²) in [4.78, 5) is 0.972. The van der Waals surface area contributed by atoms with E-state index in [1.54, 1.807) is 46.2 Å². The zero-order chi connectivity index (χ0) is 21.3. The molecule has 0 saturated carbocycles. The van der Waals surface area contributed by atoms with E-state index in [1.165, 1.54) is 0 Å². The van der Waals surface area contributed by atoms with Gasteiger partial charge in [-0.15, -0.1) is 21.5 Å². The van der Waals surface area contributed by atoms with Crippen molar-refractivity contribution in [3.8, 4) is 22.0 Å². The average Bonchev–Trinajstić information content (AvgIpc) is 3.43. The maximum Gasteiger partial charge on any atom is 0.236 e. The summed E-state index contributed by atoms with van der Waals surface area (Å²) < 4.78 is 29.5. The van der Waals surface area contributed by atoms with Gasteiger partial charge in [-0.2, -0.15) is 9.61 Å². The molecule has 1 N–H and O–H groups in total. The van der Waals surface area contributed by atoms with Gasteiger partial charge in [-0.05, 0) is 41.3 Å². The number of thiophene rings is 1. The molecule has 0 bridgehead atoms. The van der Waals surface area contributed by atoms with Crippen LogP contribution in [-0.4, -0.2) is 28.2 Å². The molecule has 0 aliphatic carbocycles. The third kappa shape index (κ3) is 4.18. The smallest absolute Gasteiger partial charge is 0.236 e. The minimum absolute atomic E-state index is 0.0901. The fourth-order valence-corrected chi connectivity index (χ4v) is 5.14. The maximum atomic E-state index is 12.6. The molecular weight excluding hydrogens is 430 g/mol. The van der Waals surface area contributed by atoms with Crippen LogP contribution in [0.1, 0.15) is 5.56 Å². The summed E-state index contributed by atoms with van der Waals surface area (Å²) in [5, 5.41) is 15.1. The highest BCUT2D eigenvalue weighted by molar-refractivity contribution is 7.91. The van der Waals surface area contributed by atoms with Crippen molar-refractivity contribution in [1.82, 2.24) is 19.8 Å². The normalized spacial score (nSPS) is 11.6. The van der Waals surface area contributed by atoms with Crippen molar-refractivity contribution in [2.45, 2.75) is 5.75 Å². The van der Waals surface area contributed by atoms with Gasteiger partial charge in [-0.1, -0.05) is 48.5 Å². The van der Waals surface area contributed by atoms with Crippen molar-refractivity contribution < 1.29 is 8.42 Å². The summed E-state index contributed by atoms with van der Waals surface area (Å²) in [5.74, 6) is 0.583. The van der Waals surface area contributed by atoms with Crippen molar-refractivity contribution in [2.24, 2.45) is 0 Å². The largest absolute Gasteiger partial charge is 0.283 e. The molecule has 31 heavy (non-hydrogen) atoms. The predicted octanol–water partition coefficient (Wildman–Crippen LogP) is 4.46. The third-order valence-electron chi connectivity index (χ3n) is 4.64.